The highest BCUT2D eigenvalue weighted by Gasteiger charge is 2.14. The van der Waals surface area contributed by atoms with Crippen molar-refractivity contribution in [1.29, 1.82) is 0 Å². The predicted molar refractivity (Wildman–Crippen MR) is 69.5 cm³/mol. The van der Waals surface area contributed by atoms with E-state index in [-0.39, 0.29) is 12.2 Å². The lowest BCUT2D eigenvalue weighted by Crippen LogP contribution is -2.13. The van der Waals surface area contributed by atoms with Gasteiger partial charge in [-0.05, 0) is 34.3 Å². The molecule has 0 N–H and O–H groups in total. The van der Waals surface area contributed by atoms with Crippen molar-refractivity contribution in [3.8, 4) is 0 Å². The van der Waals surface area contributed by atoms with Crippen LogP contribution in [0.5, 0.6) is 0 Å². The minimum absolute atomic E-state index is 0.0965. The Balaban J connectivity index is 2.17. The zero-order chi connectivity index (χ0) is 15.2. The zero-order valence-corrected chi connectivity index (χ0v) is 12.0. The number of nitrogens with zero attached hydrogens (tertiary/aromatic N) is 5. The van der Waals surface area contributed by atoms with Crippen LogP contribution in [0.25, 0.3) is 0 Å². The third-order valence-electron chi connectivity index (χ3n) is 2.34. The van der Waals surface area contributed by atoms with E-state index in [1.807, 2.05) is 0 Å². The van der Waals surface area contributed by atoms with E-state index < -0.39 is 11.9 Å². The summed E-state index contributed by atoms with van der Waals surface area (Å²) in [5, 5.41) is 11.4. The fourth-order valence-corrected chi connectivity index (χ4v) is 2.15. The number of rotatable bonds is 5. The van der Waals surface area contributed by atoms with E-state index in [9.17, 15) is 9.59 Å². The molecule has 0 spiro atoms. The molecule has 2 aromatic heterocycles. The van der Waals surface area contributed by atoms with Gasteiger partial charge < -0.3 is 9.47 Å². The van der Waals surface area contributed by atoms with E-state index in [0.717, 1.165) is 0 Å². The first-order chi connectivity index (χ1) is 10.1. The second kappa shape index (κ2) is 6.79. The van der Waals surface area contributed by atoms with Crippen LogP contribution in [0.2, 0.25) is 0 Å². The van der Waals surface area contributed by atoms with Crippen LogP contribution in [0, 0.1) is 0 Å². The van der Waals surface area contributed by atoms with Crippen LogP contribution in [0.1, 0.15) is 10.5 Å². The maximum Gasteiger partial charge on any atom is 0.356 e. The van der Waals surface area contributed by atoms with Crippen LogP contribution < -0.4 is 0 Å². The van der Waals surface area contributed by atoms with E-state index in [4.69, 9.17) is 0 Å². The molecule has 0 saturated heterocycles. The van der Waals surface area contributed by atoms with E-state index in [1.54, 1.807) is 12.1 Å². The molecule has 9 nitrogen and oxygen atoms in total. The number of pyridine rings is 1. The van der Waals surface area contributed by atoms with Crippen LogP contribution in [0.3, 0.4) is 0 Å². The summed E-state index contributed by atoms with van der Waals surface area (Å²) >= 11 is 1.19. The Bertz CT molecular complexity index is 660. The molecule has 0 unspecified atom stereocenters. The third kappa shape index (κ3) is 3.75. The molecule has 0 radical (unpaired) electrons. The van der Waals surface area contributed by atoms with Crippen molar-refractivity contribution in [1.82, 2.24) is 25.2 Å². The average Bonchev–Trinajstić information content (AvgIpc) is 2.93. The Morgan fingerprint density at radius 3 is 2.86 bits per heavy atom. The normalized spacial score (nSPS) is 10.2. The van der Waals surface area contributed by atoms with Gasteiger partial charge >= 0.3 is 11.9 Å². The highest BCUT2D eigenvalue weighted by atomic mass is 32.2. The third-order valence-corrected chi connectivity index (χ3v) is 3.31. The number of esters is 2. The van der Waals surface area contributed by atoms with E-state index in [2.05, 4.69) is 30.0 Å². The van der Waals surface area contributed by atoms with Crippen molar-refractivity contribution in [3.63, 3.8) is 0 Å². The Hall–Kier alpha value is -2.49. The van der Waals surface area contributed by atoms with E-state index in [0.29, 0.717) is 10.1 Å². The monoisotopic (exact) mass is 309 g/mol. The fraction of sp³-hybridized carbons (Fsp3) is 0.273. The Kier molecular flexibility index (Phi) is 4.82. The number of aromatic nitrogens is 5. The summed E-state index contributed by atoms with van der Waals surface area (Å²) in [6.07, 6.45) is 1.48. The molecule has 2 heterocycles. The number of tetrazole rings is 1. The van der Waals surface area contributed by atoms with Crippen LogP contribution in [-0.2, 0) is 20.8 Å². The molecule has 0 fully saturated rings. The first-order valence-electron chi connectivity index (χ1n) is 5.69. The van der Waals surface area contributed by atoms with Gasteiger partial charge in [0.05, 0.1) is 14.2 Å². The number of carbonyl (C=O) groups excluding carboxylic acids is 2. The molecule has 0 aliphatic carbocycles. The summed E-state index contributed by atoms with van der Waals surface area (Å²) < 4.78 is 10.5. The molecular weight excluding hydrogens is 298 g/mol. The number of hydrogen-bond donors (Lipinski definition) is 0. The highest BCUT2D eigenvalue weighted by molar-refractivity contribution is 7.99. The van der Waals surface area contributed by atoms with Gasteiger partial charge in [0.25, 0.3) is 0 Å². The van der Waals surface area contributed by atoms with Gasteiger partial charge in [-0.2, -0.15) is 0 Å². The molecule has 2 aromatic rings. The average molecular weight is 309 g/mol. The molecule has 0 bridgehead atoms. The summed E-state index contributed by atoms with van der Waals surface area (Å²) in [6, 6.07) is 3.24. The van der Waals surface area contributed by atoms with Crippen molar-refractivity contribution in [3.05, 3.63) is 24.0 Å². The molecule has 21 heavy (non-hydrogen) atoms. The number of carbonyl (C=O) groups is 2. The van der Waals surface area contributed by atoms with Gasteiger partial charge in [-0.25, -0.2) is 14.5 Å². The fourth-order valence-electron chi connectivity index (χ4n) is 1.35. The summed E-state index contributed by atoms with van der Waals surface area (Å²) in [5.41, 5.74) is 0.175. The topological polar surface area (TPSA) is 109 Å². The summed E-state index contributed by atoms with van der Waals surface area (Å²) in [6.45, 7) is -0.0965. The van der Waals surface area contributed by atoms with E-state index >= 15 is 0 Å². The lowest BCUT2D eigenvalue weighted by molar-refractivity contribution is -0.141. The Labute approximate surface area is 123 Å². The zero-order valence-electron chi connectivity index (χ0n) is 11.2. The van der Waals surface area contributed by atoms with Crippen LogP contribution in [-0.4, -0.2) is 51.3 Å². The smallest absolute Gasteiger partial charge is 0.356 e. The maximum absolute atomic E-state index is 11.4. The van der Waals surface area contributed by atoms with E-state index in [1.165, 1.54) is 36.9 Å². The lowest BCUT2D eigenvalue weighted by Gasteiger charge is -2.04. The first kappa shape index (κ1) is 14.9. The standard InChI is InChI=1S/C11H11N5O4S/c1-19-9(17)6-16-11(13-14-15-16)21-7-3-4-12-8(5-7)10(18)20-2/h3-5H,6H2,1-2H3. The van der Waals surface area contributed by atoms with Gasteiger partial charge in [-0.1, -0.05) is 0 Å². The maximum atomic E-state index is 11.4. The summed E-state index contributed by atoms with van der Waals surface area (Å²) in [4.78, 5) is 27.3. The number of methoxy groups -OCH3 is 2. The van der Waals surface area contributed by atoms with Crippen LogP contribution in [0.4, 0.5) is 0 Å². The quantitative estimate of drug-likeness (QED) is 0.714. The van der Waals surface area contributed by atoms with Gasteiger partial charge in [0, 0.05) is 11.1 Å². The molecule has 10 heteroatoms. The van der Waals surface area contributed by atoms with Crippen LogP contribution >= 0.6 is 11.8 Å². The first-order valence-corrected chi connectivity index (χ1v) is 6.51. The van der Waals surface area contributed by atoms with Crippen molar-refractivity contribution in [2.75, 3.05) is 14.2 Å². The van der Waals surface area contributed by atoms with Crippen molar-refractivity contribution in [2.45, 2.75) is 16.6 Å². The Morgan fingerprint density at radius 1 is 1.33 bits per heavy atom. The number of hydrogen-bond acceptors (Lipinski definition) is 9. The molecule has 0 saturated carbocycles. The van der Waals surface area contributed by atoms with Gasteiger partial charge in [-0.3, -0.25) is 4.79 Å². The number of ether oxygens (including phenoxy) is 2. The Morgan fingerprint density at radius 2 is 2.14 bits per heavy atom. The van der Waals surface area contributed by atoms with Gasteiger partial charge in [0.15, 0.2) is 0 Å². The molecular formula is C11H11N5O4S. The van der Waals surface area contributed by atoms with Crippen molar-refractivity contribution >= 4 is 23.7 Å². The largest absolute Gasteiger partial charge is 0.468 e. The minimum atomic E-state index is -0.536. The van der Waals surface area contributed by atoms with Gasteiger partial charge in [-0.15, -0.1) is 5.10 Å². The summed E-state index contributed by atoms with van der Waals surface area (Å²) in [5.74, 6) is -0.999. The van der Waals surface area contributed by atoms with Crippen molar-refractivity contribution in [2.24, 2.45) is 0 Å². The molecule has 2 rings (SSSR count). The SMILES string of the molecule is COC(=O)Cn1nnnc1Sc1ccnc(C(=O)OC)c1. The molecule has 0 aliphatic rings. The summed E-state index contributed by atoms with van der Waals surface area (Å²) in [7, 11) is 2.56. The molecule has 0 aromatic carbocycles. The highest BCUT2D eigenvalue weighted by Crippen LogP contribution is 2.25. The second-order valence-corrected chi connectivity index (χ2v) is 4.71. The van der Waals surface area contributed by atoms with Gasteiger partial charge in [0.2, 0.25) is 5.16 Å². The minimum Gasteiger partial charge on any atom is -0.468 e. The second-order valence-electron chi connectivity index (χ2n) is 3.67. The van der Waals surface area contributed by atoms with Gasteiger partial charge in [0.1, 0.15) is 12.2 Å². The predicted octanol–water partition coefficient (Wildman–Crippen LogP) is 0.179. The molecule has 110 valence electrons. The van der Waals surface area contributed by atoms with Crippen molar-refractivity contribution < 1.29 is 19.1 Å². The molecule has 0 aliphatic heterocycles. The lowest BCUT2D eigenvalue weighted by atomic mass is 10.3. The molecule has 0 atom stereocenters. The molecule has 0 amide bonds. The van der Waals surface area contributed by atoms with Crippen LogP contribution in [0.15, 0.2) is 28.4 Å².